The predicted octanol–water partition coefficient (Wildman–Crippen LogP) is 3.33. The second-order valence-corrected chi connectivity index (χ2v) is 4.68. The normalized spacial score (nSPS) is 10.1. The summed E-state index contributed by atoms with van der Waals surface area (Å²) in [5.41, 5.74) is 1.87. The van der Waals surface area contributed by atoms with Gasteiger partial charge in [-0.3, -0.25) is 0 Å². The molecule has 0 saturated heterocycles. The summed E-state index contributed by atoms with van der Waals surface area (Å²) >= 11 is 1.62. The van der Waals surface area contributed by atoms with Crippen LogP contribution in [0, 0.1) is 17.1 Å². The van der Waals surface area contributed by atoms with Crippen molar-refractivity contribution in [3.8, 4) is 6.07 Å². The fraction of sp³-hybridized carbons (Fsp3) is 0.231. The maximum atomic E-state index is 13.0. The van der Waals surface area contributed by atoms with Gasteiger partial charge in [-0.05, 0) is 24.6 Å². The van der Waals surface area contributed by atoms with Crippen molar-refractivity contribution in [2.75, 3.05) is 5.32 Å². The van der Waals surface area contributed by atoms with E-state index in [1.165, 1.54) is 12.1 Å². The molecular formula is C13H12FN3S. The lowest BCUT2D eigenvalue weighted by molar-refractivity contribution is 0.627. The number of nitriles is 1. The first-order valence-electron chi connectivity index (χ1n) is 5.59. The summed E-state index contributed by atoms with van der Waals surface area (Å²) < 4.78 is 13.0. The van der Waals surface area contributed by atoms with E-state index in [9.17, 15) is 4.39 Å². The number of nitrogens with one attached hydrogen (secondary N) is 1. The highest BCUT2D eigenvalue weighted by Gasteiger charge is 2.05. The molecular weight excluding hydrogens is 249 g/mol. The molecule has 1 N–H and O–H groups in total. The number of benzene rings is 1. The average Bonchev–Trinajstić information content (AvgIpc) is 2.85. The molecule has 0 aliphatic heterocycles. The van der Waals surface area contributed by atoms with Crippen molar-refractivity contribution in [3.63, 3.8) is 0 Å². The van der Waals surface area contributed by atoms with Gasteiger partial charge in [0.2, 0.25) is 0 Å². The van der Waals surface area contributed by atoms with Crippen molar-refractivity contribution in [2.24, 2.45) is 0 Å². The molecule has 0 amide bonds. The van der Waals surface area contributed by atoms with E-state index in [1.54, 1.807) is 17.4 Å². The van der Waals surface area contributed by atoms with Crippen LogP contribution >= 0.6 is 11.3 Å². The second kappa shape index (κ2) is 5.61. The monoisotopic (exact) mass is 261 g/mol. The molecule has 92 valence electrons. The van der Waals surface area contributed by atoms with Gasteiger partial charge in [0.05, 0.1) is 28.5 Å². The lowest BCUT2D eigenvalue weighted by atomic mass is 10.2. The zero-order valence-corrected chi connectivity index (χ0v) is 10.7. The lowest BCUT2D eigenvalue weighted by Crippen LogP contribution is -2.02. The summed E-state index contributed by atoms with van der Waals surface area (Å²) in [4.78, 5) is 4.42. The van der Waals surface area contributed by atoms with Gasteiger partial charge < -0.3 is 5.32 Å². The van der Waals surface area contributed by atoms with Crippen molar-refractivity contribution in [2.45, 2.75) is 19.9 Å². The Morgan fingerprint density at radius 2 is 2.33 bits per heavy atom. The Hall–Kier alpha value is -1.93. The van der Waals surface area contributed by atoms with Gasteiger partial charge in [0.25, 0.3) is 0 Å². The number of halogens is 1. The standard InChI is InChI=1S/C13H12FN3S/c1-2-13-17-11(8-18-13)7-16-12-4-3-10(14)5-9(12)6-15/h3-5,8,16H,2,7H2,1H3. The van der Waals surface area contributed by atoms with Crippen LogP contribution in [0.25, 0.3) is 0 Å². The maximum absolute atomic E-state index is 13.0. The highest BCUT2D eigenvalue weighted by Crippen LogP contribution is 2.18. The molecule has 0 spiro atoms. The van der Waals surface area contributed by atoms with E-state index in [-0.39, 0.29) is 0 Å². The van der Waals surface area contributed by atoms with Crippen LogP contribution in [0.1, 0.15) is 23.2 Å². The minimum absolute atomic E-state index is 0.306. The first kappa shape index (κ1) is 12.5. The van der Waals surface area contributed by atoms with Crippen LogP contribution in [0.2, 0.25) is 0 Å². The van der Waals surface area contributed by atoms with Gasteiger partial charge in [0.15, 0.2) is 0 Å². The van der Waals surface area contributed by atoms with Crippen LogP contribution in [0.4, 0.5) is 10.1 Å². The second-order valence-electron chi connectivity index (χ2n) is 3.74. The van der Waals surface area contributed by atoms with Crippen LogP contribution in [-0.2, 0) is 13.0 Å². The van der Waals surface area contributed by atoms with Gasteiger partial charge in [-0.15, -0.1) is 11.3 Å². The van der Waals surface area contributed by atoms with Gasteiger partial charge in [-0.2, -0.15) is 5.26 Å². The van der Waals surface area contributed by atoms with Crippen LogP contribution in [-0.4, -0.2) is 4.98 Å². The summed E-state index contributed by atoms with van der Waals surface area (Å²) in [6.45, 7) is 2.60. The van der Waals surface area contributed by atoms with E-state index < -0.39 is 5.82 Å². The van der Waals surface area contributed by atoms with E-state index in [0.29, 0.717) is 17.8 Å². The SMILES string of the molecule is CCc1nc(CNc2ccc(F)cc2C#N)cs1. The highest BCUT2D eigenvalue weighted by atomic mass is 32.1. The van der Waals surface area contributed by atoms with Gasteiger partial charge in [0, 0.05) is 5.38 Å². The number of anilines is 1. The Kier molecular flexibility index (Phi) is 3.90. The van der Waals surface area contributed by atoms with Crippen LogP contribution in [0.15, 0.2) is 23.6 Å². The van der Waals surface area contributed by atoms with E-state index >= 15 is 0 Å². The average molecular weight is 261 g/mol. The van der Waals surface area contributed by atoms with Crippen molar-refractivity contribution in [1.29, 1.82) is 5.26 Å². The largest absolute Gasteiger partial charge is 0.378 e. The lowest BCUT2D eigenvalue weighted by Gasteiger charge is -2.06. The van der Waals surface area contributed by atoms with E-state index in [1.807, 2.05) is 11.4 Å². The highest BCUT2D eigenvalue weighted by molar-refractivity contribution is 7.09. The zero-order chi connectivity index (χ0) is 13.0. The number of aryl methyl sites for hydroxylation is 1. The topological polar surface area (TPSA) is 48.7 Å². The Bertz CT molecular complexity index is 586. The number of aromatic nitrogens is 1. The van der Waals surface area contributed by atoms with Crippen molar-refractivity contribution >= 4 is 17.0 Å². The molecule has 18 heavy (non-hydrogen) atoms. The Morgan fingerprint density at radius 3 is 3.00 bits per heavy atom. The number of nitrogens with zero attached hydrogens (tertiary/aromatic N) is 2. The number of thiazole rings is 1. The minimum Gasteiger partial charge on any atom is -0.378 e. The zero-order valence-electron chi connectivity index (χ0n) is 9.90. The molecule has 0 saturated carbocycles. The van der Waals surface area contributed by atoms with Gasteiger partial charge in [-0.1, -0.05) is 6.92 Å². The van der Waals surface area contributed by atoms with E-state index in [0.717, 1.165) is 17.1 Å². The summed E-state index contributed by atoms with van der Waals surface area (Å²) in [6, 6.07) is 6.10. The van der Waals surface area contributed by atoms with Crippen molar-refractivity contribution < 1.29 is 4.39 Å². The predicted molar refractivity (Wildman–Crippen MR) is 69.9 cm³/mol. The van der Waals surface area contributed by atoms with Gasteiger partial charge in [-0.25, -0.2) is 9.37 Å². The summed E-state index contributed by atoms with van der Waals surface area (Å²) in [7, 11) is 0. The fourth-order valence-corrected chi connectivity index (χ4v) is 2.29. The number of hydrogen-bond donors (Lipinski definition) is 1. The molecule has 2 rings (SSSR count). The van der Waals surface area contributed by atoms with Gasteiger partial charge in [0.1, 0.15) is 11.9 Å². The third kappa shape index (κ3) is 2.84. The van der Waals surface area contributed by atoms with E-state index in [2.05, 4.69) is 17.2 Å². The van der Waals surface area contributed by atoms with Crippen LogP contribution in [0.5, 0.6) is 0 Å². The molecule has 1 aromatic heterocycles. The third-order valence-corrected chi connectivity index (χ3v) is 3.51. The maximum Gasteiger partial charge on any atom is 0.124 e. The van der Waals surface area contributed by atoms with Crippen LogP contribution in [0.3, 0.4) is 0 Å². The summed E-state index contributed by atoms with van der Waals surface area (Å²) in [5.74, 6) is -0.404. The fourth-order valence-electron chi connectivity index (χ4n) is 1.54. The first-order chi connectivity index (χ1) is 8.72. The molecule has 0 aliphatic rings. The molecule has 2 aromatic rings. The van der Waals surface area contributed by atoms with Crippen LogP contribution < -0.4 is 5.32 Å². The first-order valence-corrected chi connectivity index (χ1v) is 6.47. The molecule has 0 radical (unpaired) electrons. The van der Waals surface area contributed by atoms with Gasteiger partial charge >= 0.3 is 0 Å². The van der Waals surface area contributed by atoms with E-state index in [4.69, 9.17) is 5.26 Å². The molecule has 1 aromatic carbocycles. The molecule has 0 atom stereocenters. The minimum atomic E-state index is -0.404. The molecule has 3 nitrogen and oxygen atoms in total. The third-order valence-electron chi connectivity index (χ3n) is 2.46. The number of rotatable bonds is 4. The van der Waals surface area contributed by atoms with Crippen molar-refractivity contribution in [1.82, 2.24) is 4.98 Å². The number of hydrogen-bond acceptors (Lipinski definition) is 4. The van der Waals surface area contributed by atoms with Crippen molar-refractivity contribution in [3.05, 3.63) is 45.7 Å². The molecule has 0 fully saturated rings. The Morgan fingerprint density at radius 1 is 1.50 bits per heavy atom. The Labute approximate surface area is 109 Å². The smallest absolute Gasteiger partial charge is 0.124 e. The molecule has 0 bridgehead atoms. The molecule has 5 heteroatoms. The summed E-state index contributed by atoms with van der Waals surface area (Å²) in [6.07, 6.45) is 0.921. The Balaban J connectivity index is 2.08. The molecule has 0 aliphatic carbocycles. The quantitative estimate of drug-likeness (QED) is 0.918. The summed E-state index contributed by atoms with van der Waals surface area (Å²) in [5, 5.41) is 15.1. The molecule has 1 heterocycles. The molecule has 0 unspecified atom stereocenters.